The molecule has 128 valence electrons. The Hall–Kier alpha value is -2.21. The first-order valence-corrected chi connectivity index (χ1v) is 7.90. The zero-order valence-electron chi connectivity index (χ0n) is 12.6. The second kappa shape index (κ2) is 6.73. The van der Waals surface area contributed by atoms with E-state index in [0.717, 1.165) is 43.6 Å². The van der Waals surface area contributed by atoms with Gasteiger partial charge in [-0.1, -0.05) is 7.43 Å². The van der Waals surface area contributed by atoms with Gasteiger partial charge in [-0.3, -0.25) is 4.68 Å². The van der Waals surface area contributed by atoms with Gasteiger partial charge in [-0.25, -0.2) is 8.78 Å². The van der Waals surface area contributed by atoms with E-state index in [9.17, 15) is 8.78 Å². The monoisotopic (exact) mass is 332 g/mol. The fraction of sp³-hybridized carbons (Fsp3) is 0.389. The molecule has 0 spiro atoms. The molecule has 2 N–H and O–H groups in total. The summed E-state index contributed by atoms with van der Waals surface area (Å²) in [5.74, 6) is -1.04. The smallest absolute Gasteiger partial charge is 0.160 e. The molecule has 0 unspecified atom stereocenters. The van der Waals surface area contributed by atoms with Crippen LogP contribution in [0.2, 0.25) is 0 Å². The molecule has 1 aliphatic heterocycles. The molecule has 1 aliphatic rings. The van der Waals surface area contributed by atoms with Gasteiger partial charge >= 0.3 is 0 Å². The van der Waals surface area contributed by atoms with Crippen LogP contribution in [0.25, 0.3) is 22.0 Å². The maximum Gasteiger partial charge on any atom is 0.160 e. The number of H-pyrrole nitrogens is 1. The van der Waals surface area contributed by atoms with Gasteiger partial charge in [-0.2, -0.15) is 5.10 Å². The Morgan fingerprint density at radius 1 is 1.17 bits per heavy atom. The summed E-state index contributed by atoms with van der Waals surface area (Å²) >= 11 is 0. The summed E-state index contributed by atoms with van der Waals surface area (Å²) in [6.45, 7) is 3.02. The summed E-state index contributed by atoms with van der Waals surface area (Å²) in [5.41, 5.74) is 2.34. The third-order valence-corrected chi connectivity index (χ3v) is 4.57. The SMILES string of the molecule is C.Fc1cc2[nH]cc(-c3cnn(CC4CCNCC4)c3)c2cc1F. The fourth-order valence-corrected chi connectivity index (χ4v) is 3.29. The first kappa shape index (κ1) is 16.6. The van der Waals surface area contributed by atoms with Crippen molar-refractivity contribution in [1.82, 2.24) is 20.1 Å². The van der Waals surface area contributed by atoms with Crippen molar-refractivity contribution in [3.63, 3.8) is 0 Å². The zero-order chi connectivity index (χ0) is 15.8. The highest BCUT2D eigenvalue weighted by atomic mass is 19.2. The standard InChI is InChI=1S/C17H18F2N4.CH4/c18-15-5-13-14(8-21-17(13)6-16(15)19)12-7-22-23(10-12)9-11-1-3-20-4-2-11;/h5-8,10-11,20-21H,1-4,9H2;1H4. The maximum absolute atomic E-state index is 13.5. The Bertz CT molecular complexity index is 831. The second-order valence-corrected chi connectivity index (χ2v) is 6.16. The van der Waals surface area contributed by atoms with Crippen LogP contribution < -0.4 is 5.32 Å². The largest absolute Gasteiger partial charge is 0.360 e. The minimum Gasteiger partial charge on any atom is -0.360 e. The zero-order valence-corrected chi connectivity index (χ0v) is 12.6. The summed E-state index contributed by atoms with van der Waals surface area (Å²) in [6.07, 6.45) is 7.85. The number of hydrogen-bond acceptors (Lipinski definition) is 2. The highest BCUT2D eigenvalue weighted by Gasteiger charge is 2.16. The molecule has 1 aromatic carbocycles. The number of nitrogens with one attached hydrogen (secondary N) is 2. The molecule has 6 heteroatoms. The normalized spacial score (nSPS) is 15.6. The Morgan fingerprint density at radius 2 is 1.92 bits per heavy atom. The number of nitrogens with zero attached hydrogens (tertiary/aromatic N) is 2. The third-order valence-electron chi connectivity index (χ3n) is 4.57. The fourth-order valence-electron chi connectivity index (χ4n) is 3.29. The maximum atomic E-state index is 13.5. The van der Waals surface area contributed by atoms with Crippen LogP contribution in [0.1, 0.15) is 20.3 Å². The van der Waals surface area contributed by atoms with E-state index in [-0.39, 0.29) is 7.43 Å². The Morgan fingerprint density at radius 3 is 2.71 bits per heavy atom. The van der Waals surface area contributed by atoms with Crippen molar-refractivity contribution in [3.8, 4) is 11.1 Å². The van der Waals surface area contributed by atoms with Crippen molar-refractivity contribution in [2.45, 2.75) is 26.8 Å². The van der Waals surface area contributed by atoms with Gasteiger partial charge in [0.1, 0.15) is 0 Å². The number of aromatic amines is 1. The quantitative estimate of drug-likeness (QED) is 0.763. The van der Waals surface area contributed by atoms with Crippen LogP contribution in [-0.4, -0.2) is 27.9 Å². The van der Waals surface area contributed by atoms with E-state index < -0.39 is 11.6 Å². The molecule has 0 saturated carbocycles. The van der Waals surface area contributed by atoms with Crippen LogP contribution in [0, 0.1) is 17.6 Å². The van der Waals surface area contributed by atoms with Gasteiger partial charge in [0.05, 0.1) is 6.20 Å². The number of piperidine rings is 1. The second-order valence-electron chi connectivity index (χ2n) is 6.16. The molecule has 0 radical (unpaired) electrons. The van der Waals surface area contributed by atoms with Crippen LogP contribution in [0.15, 0.2) is 30.7 Å². The summed E-state index contributed by atoms with van der Waals surface area (Å²) in [4.78, 5) is 2.99. The van der Waals surface area contributed by atoms with Crippen molar-refractivity contribution < 1.29 is 8.78 Å². The van der Waals surface area contributed by atoms with Crippen molar-refractivity contribution in [3.05, 3.63) is 42.4 Å². The molecule has 24 heavy (non-hydrogen) atoms. The van der Waals surface area contributed by atoms with Gasteiger partial charge in [0.25, 0.3) is 0 Å². The minimum absolute atomic E-state index is 0. The van der Waals surface area contributed by atoms with Crippen molar-refractivity contribution in [1.29, 1.82) is 0 Å². The lowest BCUT2D eigenvalue weighted by Gasteiger charge is -2.22. The summed E-state index contributed by atoms with van der Waals surface area (Å²) in [6, 6.07) is 2.42. The van der Waals surface area contributed by atoms with Crippen LogP contribution in [-0.2, 0) is 6.54 Å². The number of benzene rings is 1. The molecule has 3 heterocycles. The first-order valence-electron chi connectivity index (χ1n) is 7.90. The Labute approximate surface area is 139 Å². The van der Waals surface area contributed by atoms with Gasteiger partial charge in [0.15, 0.2) is 11.6 Å². The average Bonchev–Trinajstić information content (AvgIpc) is 3.16. The summed E-state index contributed by atoms with van der Waals surface area (Å²) in [5, 5.41) is 8.46. The lowest BCUT2D eigenvalue weighted by molar-refractivity contribution is 0.321. The van der Waals surface area contributed by atoms with Crippen LogP contribution >= 0.6 is 0 Å². The topological polar surface area (TPSA) is 45.6 Å². The molecular formula is C18H22F2N4. The minimum atomic E-state index is -0.840. The van der Waals surface area contributed by atoms with Crippen molar-refractivity contribution >= 4 is 10.9 Å². The van der Waals surface area contributed by atoms with Gasteiger partial charge in [0.2, 0.25) is 0 Å². The average molecular weight is 332 g/mol. The Kier molecular flexibility index (Phi) is 4.66. The molecule has 0 atom stereocenters. The summed E-state index contributed by atoms with van der Waals surface area (Å²) < 4.78 is 28.8. The molecule has 1 saturated heterocycles. The van der Waals surface area contributed by atoms with E-state index in [1.54, 1.807) is 12.4 Å². The highest BCUT2D eigenvalue weighted by molar-refractivity contribution is 5.95. The lowest BCUT2D eigenvalue weighted by Crippen LogP contribution is -2.29. The molecule has 0 aliphatic carbocycles. The number of fused-ring (bicyclic) bond motifs is 1. The van der Waals surface area contributed by atoms with Gasteiger partial charge < -0.3 is 10.3 Å². The van der Waals surface area contributed by atoms with E-state index in [1.165, 1.54) is 12.1 Å². The lowest BCUT2D eigenvalue weighted by atomic mass is 9.98. The van der Waals surface area contributed by atoms with E-state index in [4.69, 9.17) is 0 Å². The van der Waals surface area contributed by atoms with Crippen LogP contribution in [0.3, 0.4) is 0 Å². The molecule has 0 bridgehead atoms. The molecule has 0 amide bonds. The van der Waals surface area contributed by atoms with Crippen molar-refractivity contribution in [2.24, 2.45) is 5.92 Å². The predicted octanol–water partition coefficient (Wildman–Crippen LogP) is 3.95. The molecule has 4 nitrogen and oxygen atoms in total. The van der Waals surface area contributed by atoms with E-state index >= 15 is 0 Å². The molecule has 4 rings (SSSR count). The first-order chi connectivity index (χ1) is 11.2. The number of rotatable bonds is 3. The van der Waals surface area contributed by atoms with E-state index in [0.29, 0.717) is 16.8 Å². The van der Waals surface area contributed by atoms with Gasteiger partial charge in [0, 0.05) is 47.0 Å². The molecule has 1 fully saturated rings. The number of aromatic nitrogens is 3. The Balaban J connectivity index is 0.00000169. The predicted molar refractivity (Wildman–Crippen MR) is 91.8 cm³/mol. The number of halogens is 2. The van der Waals surface area contributed by atoms with E-state index in [2.05, 4.69) is 15.4 Å². The van der Waals surface area contributed by atoms with Crippen molar-refractivity contribution in [2.75, 3.05) is 13.1 Å². The van der Waals surface area contributed by atoms with Gasteiger partial charge in [-0.05, 0) is 37.9 Å². The third kappa shape index (κ3) is 3.06. The highest BCUT2D eigenvalue weighted by Crippen LogP contribution is 2.30. The van der Waals surface area contributed by atoms with E-state index in [1.807, 2.05) is 10.9 Å². The van der Waals surface area contributed by atoms with Crippen LogP contribution in [0.4, 0.5) is 8.78 Å². The number of hydrogen-bond donors (Lipinski definition) is 2. The molecule has 3 aromatic rings. The molecule has 2 aromatic heterocycles. The van der Waals surface area contributed by atoms with Crippen LogP contribution in [0.5, 0.6) is 0 Å². The van der Waals surface area contributed by atoms with Gasteiger partial charge in [-0.15, -0.1) is 0 Å². The summed E-state index contributed by atoms with van der Waals surface area (Å²) in [7, 11) is 0. The molecular weight excluding hydrogens is 310 g/mol.